The molecule has 1 aliphatic rings. The maximum absolute atomic E-state index is 2.46. The van der Waals surface area contributed by atoms with E-state index in [0.717, 1.165) is 28.3 Å². The molecule has 0 aliphatic heterocycles. The van der Waals surface area contributed by atoms with Gasteiger partial charge in [0.15, 0.2) is 0 Å². The predicted molar refractivity (Wildman–Crippen MR) is 307 cm³/mol. The molecule has 2 nitrogen and oxygen atoms in total. The molecule has 0 amide bonds. The molecular formula is C71H48N2. The number of anilines is 3. The third kappa shape index (κ3) is 6.94. The van der Waals surface area contributed by atoms with Crippen LogP contribution in [0.3, 0.4) is 0 Å². The van der Waals surface area contributed by atoms with Crippen LogP contribution >= 0.6 is 0 Å². The lowest BCUT2D eigenvalue weighted by atomic mass is 9.67. The van der Waals surface area contributed by atoms with E-state index in [2.05, 4.69) is 301 Å². The highest BCUT2D eigenvalue weighted by Crippen LogP contribution is 2.57. The molecule has 12 aromatic carbocycles. The van der Waals surface area contributed by atoms with Gasteiger partial charge in [0.05, 0.1) is 16.4 Å². The van der Waals surface area contributed by atoms with E-state index in [0.29, 0.717) is 0 Å². The van der Waals surface area contributed by atoms with Crippen molar-refractivity contribution in [1.29, 1.82) is 0 Å². The minimum absolute atomic E-state index is 0.527. The highest BCUT2D eigenvalue weighted by Gasteiger charge is 2.46. The summed E-state index contributed by atoms with van der Waals surface area (Å²) in [5.74, 6) is 0. The summed E-state index contributed by atoms with van der Waals surface area (Å²) >= 11 is 0. The fourth-order valence-corrected chi connectivity index (χ4v) is 11.9. The van der Waals surface area contributed by atoms with Gasteiger partial charge in [0.2, 0.25) is 0 Å². The molecule has 14 rings (SSSR count). The molecule has 0 spiro atoms. The molecular weight excluding hydrogens is 881 g/mol. The van der Waals surface area contributed by atoms with Crippen LogP contribution in [0.5, 0.6) is 0 Å². The van der Waals surface area contributed by atoms with Gasteiger partial charge in [-0.15, -0.1) is 0 Å². The summed E-state index contributed by atoms with van der Waals surface area (Å²) in [6, 6.07) is 107. The molecule has 1 aliphatic carbocycles. The summed E-state index contributed by atoms with van der Waals surface area (Å²) in [7, 11) is 0. The third-order valence-corrected chi connectivity index (χ3v) is 15.3. The molecule has 73 heavy (non-hydrogen) atoms. The van der Waals surface area contributed by atoms with E-state index in [-0.39, 0.29) is 0 Å². The van der Waals surface area contributed by atoms with Crippen LogP contribution in [0, 0.1) is 0 Å². The van der Waals surface area contributed by atoms with Crippen LogP contribution in [0.15, 0.2) is 291 Å². The smallest absolute Gasteiger partial charge is 0.0714 e. The first-order valence-corrected chi connectivity index (χ1v) is 25.2. The Morgan fingerprint density at radius 2 is 0.781 bits per heavy atom. The first-order valence-electron chi connectivity index (χ1n) is 25.2. The predicted octanol–water partition coefficient (Wildman–Crippen LogP) is 18.8. The normalized spacial score (nSPS) is 12.5. The molecule has 0 radical (unpaired) electrons. The number of hydrogen-bond acceptors (Lipinski definition) is 1. The van der Waals surface area contributed by atoms with Gasteiger partial charge in [0.1, 0.15) is 0 Å². The topological polar surface area (TPSA) is 8.17 Å². The Balaban J connectivity index is 0.926. The molecule has 342 valence electrons. The monoisotopic (exact) mass is 928 g/mol. The van der Waals surface area contributed by atoms with Crippen molar-refractivity contribution in [1.82, 2.24) is 4.57 Å². The minimum Gasteiger partial charge on any atom is -0.310 e. The van der Waals surface area contributed by atoms with E-state index in [1.54, 1.807) is 0 Å². The van der Waals surface area contributed by atoms with Crippen molar-refractivity contribution in [3.05, 3.63) is 313 Å². The van der Waals surface area contributed by atoms with Crippen LogP contribution in [0.1, 0.15) is 22.3 Å². The van der Waals surface area contributed by atoms with E-state index >= 15 is 0 Å². The molecule has 13 aromatic rings. The number of nitrogens with zero attached hydrogens (tertiary/aromatic N) is 2. The Bertz CT molecular complexity index is 4120. The maximum atomic E-state index is 2.46. The highest BCUT2D eigenvalue weighted by atomic mass is 15.1. The third-order valence-electron chi connectivity index (χ3n) is 15.3. The second-order valence-corrected chi connectivity index (χ2v) is 19.2. The van der Waals surface area contributed by atoms with Gasteiger partial charge in [-0.25, -0.2) is 0 Å². The average Bonchev–Trinajstić information content (AvgIpc) is 3.97. The fourth-order valence-electron chi connectivity index (χ4n) is 11.9. The summed E-state index contributed by atoms with van der Waals surface area (Å²) < 4.78 is 2.45. The molecule has 0 saturated carbocycles. The van der Waals surface area contributed by atoms with Gasteiger partial charge in [0.25, 0.3) is 0 Å². The highest BCUT2D eigenvalue weighted by molar-refractivity contribution is 6.19. The van der Waals surface area contributed by atoms with Crippen molar-refractivity contribution in [2.45, 2.75) is 5.41 Å². The number of aromatic nitrogens is 1. The summed E-state index contributed by atoms with van der Waals surface area (Å²) in [5.41, 5.74) is 21.0. The summed E-state index contributed by atoms with van der Waals surface area (Å²) in [6.45, 7) is 0. The maximum Gasteiger partial charge on any atom is 0.0714 e. The Labute approximate surface area is 426 Å². The van der Waals surface area contributed by atoms with Gasteiger partial charge in [-0.2, -0.15) is 0 Å². The van der Waals surface area contributed by atoms with Crippen LogP contribution < -0.4 is 4.90 Å². The van der Waals surface area contributed by atoms with Gasteiger partial charge in [-0.3, -0.25) is 0 Å². The van der Waals surface area contributed by atoms with Gasteiger partial charge >= 0.3 is 0 Å². The number of rotatable bonds is 9. The van der Waals surface area contributed by atoms with E-state index in [9.17, 15) is 0 Å². The van der Waals surface area contributed by atoms with Gasteiger partial charge in [-0.1, -0.05) is 231 Å². The molecule has 0 N–H and O–H groups in total. The summed E-state index contributed by atoms with van der Waals surface area (Å²) in [5, 5.41) is 4.99. The lowest BCUT2D eigenvalue weighted by molar-refractivity contribution is 0.768. The molecule has 0 fully saturated rings. The van der Waals surface area contributed by atoms with Crippen LogP contribution in [0.25, 0.3) is 82.8 Å². The average molecular weight is 929 g/mol. The zero-order valence-corrected chi connectivity index (χ0v) is 40.1. The lowest BCUT2D eigenvalue weighted by Crippen LogP contribution is -2.28. The molecule has 0 saturated heterocycles. The first-order chi connectivity index (χ1) is 36.2. The van der Waals surface area contributed by atoms with Crippen molar-refractivity contribution < 1.29 is 0 Å². The summed E-state index contributed by atoms with van der Waals surface area (Å²) in [4.78, 5) is 2.43. The second-order valence-electron chi connectivity index (χ2n) is 19.2. The van der Waals surface area contributed by atoms with Crippen molar-refractivity contribution in [2.24, 2.45) is 0 Å². The van der Waals surface area contributed by atoms with Crippen molar-refractivity contribution >= 4 is 49.6 Å². The Morgan fingerprint density at radius 3 is 1.45 bits per heavy atom. The van der Waals surface area contributed by atoms with E-state index in [4.69, 9.17) is 0 Å². The Hall–Kier alpha value is -9.50. The van der Waals surface area contributed by atoms with Crippen LogP contribution in [-0.4, -0.2) is 4.57 Å². The first kappa shape index (κ1) is 42.4. The number of benzene rings is 12. The largest absolute Gasteiger partial charge is 0.310 e. The van der Waals surface area contributed by atoms with E-state index < -0.39 is 5.41 Å². The Kier molecular flexibility index (Phi) is 10.1. The molecule has 1 aromatic heterocycles. The number of fused-ring (bicyclic) bond motifs is 8. The fraction of sp³-hybridized carbons (Fsp3) is 0.0141. The van der Waals surface area contributed by atoms with Crippen LogP contribution in [0.2, 0.25) is 0 Å². The van der Waals surface area contributed by atoms with Crippen molar-refractivity contribution in [2.75, 3.05) is 4.90 Å². The molecule has 2 heteroatoms. The van der Waals surface area contributed by atoms with Crippen LogP contribution in [0.4, 0.5) is 17.1 Å². The summed E-state index contributed by atoms with van der Waals surface area (Å²) in [6.07, 6.45) is 0. The van der Waals surface area contributed by atoms with Gasteiger partial charge in [0, 0.05) is 38.9 Å². The standard InChI is InChI=1S/C71H48N2/c1-5-18-49(19-6-1)53-21-17-22-54(46-53)50-32-38-59(39-33-50)72(61-42-45-64-63-30-15-16-31-67(63)71(68(64)48-61,56-23-7-2-8-24-56)57-25-9-3-10-26-57)60-40-34-51(35-41-60)55-37-43-65-66-44-36-52-20-13-14-29-62(52)70(66)73(69(65)47-55)58-27-11-4-12-28-58/h1-48H. The molecule has 1 heterocycles. The van der Waals surface area contributed by atoms with Crippen molar-refractivity contribution in [3.8, 4) is 50.2 Å². The molecule has 0 atom stereocenters. The molecule has 0 bridgehead atoms. The van der Waals surface area contributed by atoms with Crippen LogP contribution in [-0.2, 0) is 5.41 Å². The quantitative estimate of drug-likeness (QED) is 0.140. The Morgan fingerprint density at radius 1 is 0.288 bits per heavy atom. The van der Waals surface area contributed by atoms with E-state index in [1.165, 1.54) is 93.8 Å². The second kappa shape index (κ2) is 17.4. The van der Waals surface area contributed by atoms with Gasteiger partial charge < -0.3 is 9.47 Å². The van der Waals surface area contributed by atoms with Crippen molar-refractivity contribution in [3.63, 3.8) is 0 Å². The van der Waals surface area contributed by atoms with E-state index in [1.807, 2.05) is 0 Å². The molecule has 0 unspecified atom stereocenters. The SMILES string of the molecule is c1ccc(-c2cccc(-c3ccc(N(c4ccc(-c5ccc6c7ccc8ccccc8c7n(-c7ccccc7)c6c5)cc4)c4ccc5c(c4)C(c4ccccc4)(c4ccccc4)c4ccccc4-5)cc3)c2)cc1. The van der Waals surface area contributed by atoms with Gasteiger partial charge in [-0.05, 0) is 133 Å². The zero-order valence-electron chi connectivity index (χ0n) is 40.1. The minimum atomic E-state index is -0.527. The zero-order chi connectivity index (χ0) is 48.3. The number of hydrogen-bond donors (Lipinski definition) is 0. The number of para-hydroxylation sites is 1. The lowest BCUT2D eigenvalue weighted by Gasteiger charge is -2.35.